The summed E-state index contributed by atoms with van der Waals surface area (Å²) in [6.07, 6.45) is 3.98. The highest BCUT2D eigenvalue weighted by Crippen LogP contribution is 2.18. The third-order valence-electron chi connectivity index (χ3n) is 2.59. The predicted molar refractivity (Wildman–Crippen MR) is 77.0 cm³/mol. The van der Waals surface area contributed by atoms with Crippen molar-refractivity contribution in [3.05, 3.63) is 0 Å². The van der Waals surface area contributed by atoms with Crippen molar-refractivity contribution in [2.45, 2.75) is 53.4 Å². The highest BCUT2D eigenvalue weighted by molar-refractivity contribution is 7.80. The largest absolute Gasteiger partial charge is 0.393 e. The van der Waals surface area contributed by atoms with Gasteiger partial charge in [-0.2, -0.15) is 0 Å². The molecule has 0 aromatic carbocycles. The lowest BCUT2D eigenvalue weighted by Gasteiger charge is -2.29. The minimum atomic E-state index is -0.331. The molecule has 0 saturated carbocycles. The summed E-state index contributed by atoms with van der Waals surface area (Å²) in [5.41, 5.74) is 5.17. The predicted octanol–water partition coefficient (Wildman–Crippen LogP) is 2.73. The Labute approximate surface area is 111 Å². The summed E-state index contributed by atoms with van der Waals surface area (Å²) >= 11 is 4.87. The van der Waals surface area contributed by atoms with Crippen LogP contribution in [0, 0.1) is 5.41 Å². The molecule has 17 heavy (non-hydrogen) atoms. The first-order valence-corrected chi connectivity index (χ1v) is 6.77. The lowest BCUT2D eigenvalue weighted by molar-refractivity contribution is -0.139. The summed E-state index contributed by atoms with van der Waals surface area (Å²) in [4.78, 5) is 14.6. The fourth-order valence-corrected chi connectivity index (χ4v) is 1.68. The molecule has 2 N–H and O–H groups in total. The summed E-state index contributed by atoms with van der Waals surface area (Å²) in [5, 5.41) is 0. The number of rotatable bonds is 7. The van der Waals surface area contributed by atoms with Gasteiger partial charge in [-0.3, -0.25) is 4.79 Å². The molecule has 0 unspecified atom stereocenters. The molecule has 0 atom stereocenters. The maximum atomic E-state index is 12.2. The zero-order valence-corrected chi connectivity index (χ0v) is 12.4. The van der Waals surface area contributed by atoms with Crippen LogP contribution in [0.5, 0.6) is 0 Å². The van der Waals surface area contributed by atoms with Crippen LogP contribution >= 0.6 is 12.2 Å². The molecule has 0 radical (unpaired) electrons. The number of amides is 1. The van der Waals surface area contributed by atoms with Crippen molar-refractivity contribution >= 4 is 23.1 Å². The molecule has 0 heterocycles. The van der Waals surface area contributed by atoms with E-state index in [0.717, 1.165) is 25.8 Å². The van der Waals surface area contributed by atoms with Gasteiger partial charge in [0.15, 0.2) is 0 Å². The second-order valence-corrected chi connectivity index (χ2v) is 5.99. The van der Waals surface area contributed by atoms with Crippen LogP contribution in [0.15, 0.2) is 0 Å². The van der Waals surface area contributed by atoms with E-state index in [2.05, 4.69) is 6.92 Å². The van der Waals surface area contributed by atoms with Crippen molar-refractivity contribution in [3.63, 3.8) is 0 Å². The summed E-state index contributed by atoms with van der Waals surface area (Å²) in [6, 6.07) is 0. The fourth-order valence-electron chi connectivity index (χ4n) is 1.59. The van der Waals surface area contributed by atoms with Gasteiger partial charge in [0.05, 0.1) is 4.99 Å². The van der Waals surface area contributed by atoms with Crippen LogP contribution in [0.25, 0.3) is 0 Å². The topological polar surface area (TPSA) is 46.3 Å². The van der Waals surface area contributed by atoms with Gasteiger partial charge in [-0.15, -0.1) is 0 Å². The molecule has 1 amide bonds. The number of thiocarbonyl (C=S) groups is 1. The van der Waals surface area contributed by atoms with Gasteiger partial charge in [0.1, 0.15) is 0 Å². The van der Waals surface area contributed by atoms with Crippen molar-refractivity contribution in [3.8, 4) is 0 Å². The van der Waals surface area contributed by atoms with Gasteiger partial charge >= 0.3 is 0 Å². The Morgan fingerprint density at radius 1 is 1.24 bits per heavy atom. The molecule has 0 aromatic heterocycles. The summed E-state index contributed by atoms with van der Waals surface area (Å²) in [5.74, 6) is 0.185. The molecular weight excluding hydrogens is 232 g/mol. The molecule has 0 rings (SSSR count). The molecule has 0 saturated heterocycles. The molecule has 4 heteroatoms. The van der Waals surface area contributed by atoms with Gasteiger partial charge in [0.25, 0.3) is 0 Å². The highest BCUT2D eigenvalue weighted by atomic mass is 32.1. The summed E-state index contributed by atoms with van der Waals surface area (Å²) < 4.78 is 0. The Hall–Kier alpha value is -0.640. The van der Waals surface area contributed by atoms with Crippen molar-refractivity contribution in [2.24, 2.45) is 11.1 Å². The first-order valence-electron chi connectivity index (χ1n) is 6.36. The number of nitrogens with zero attached hydrogens (tertiary/aromatic N) is 1. The maximum absolute atomic E-state index is 12.2. The number of nitrogens with two attached hydrogens (primary N) is 1. The summed E-state index contributed by atoms with van der Waals surface area (Å²) in [7, 11) is 0. The van der Waals surface area contributed by atoms with E-state index in [1.54, 1.807) is 0 Å². The Kier molecular flexibility index (Phi) is 7.35. The molecule has 0 bridgehead atoms. The van der Waals surface area contributed by atoms with Gasteiger partial charge in [-0.25, -0.2) is 0 Å². The number of carbonyl (C=O) groups is 1. The van der Waals surface area contributed by atoms with Crippen LogP contribution in [0.4, 0.5) is 0 Å². The normalized spacial score (nSPS) is 11.3. The van der Waals surface area contributed by atoms with E-state index >= 15 is 0 Å². The monoisotopic (exact) mass is 258 g/mol. The van der Waals surface area contributed by atoms with E-state index in [4.69, 9.17) is 18.0 Å². The number of hydrogen-bond acceptors (Lipinski definition) is 2. The molecule has 0 aliphatic heterocycles. The van der Waals surface area contributed by atoms with Crippen molar-refractivity contribution < 1.29 is 4.79 Å². The van der Waals surface area contributed by atoms with Crippen LogP contribution in [0.3, 0.4) is 0 Å². The molecular formula is C13H26N2OS. The Bertz CT molecular complexity index is 259. The van der Waals surface area contributed by atoms with E-state index in [0.29, 0.717) is 18.0 Å². The zero-order chi connectivity index (χ0) is 13.5. The minimum Gasteiger partial charge on any atom is -0.393 e. The van der Waals surface area contributed by atoms with Crippen molar-refractivity contribution in [2.75, 3.05) is 13.1 Å². The molecule has 0 fully saturated rings. The minimum absolute atomic E-state index is 0.185. The van der Waals surface area contributed by atoms with Crippen LogP contribution in [0.2, 0.25) is 0 Å². The maximum Gasteiger partial charge on any atom is 0.227 e. The lowest BCUT2D eigenvalue weighted by atomic mass is 9.94. The van der Waals surface area contributed by atoms with Gasteiger partial charge in [-0.1, -0.05) is 52.8 Å². The number of carbonyl (C=O) groups excluding carboxylic acids is 1. The van der Waals surface area contributed by atoms with Crippen molar-refractivity contribution in [1.82, 2.24) is 4.90 Å². The van der Waals surface area contributed by atoms with Crippen LogP contribution in [-0.2, 0) is 4.79 Å². The number of unbranched alkanes of at least 4 members (excludes halogenated alkanes) is 2. The highest BCUT2D eigenvalue weighted by Gasteiger charge is 2.26. The first kappa shape index (κ1) is 16.4. The third-order valence-corrected chi connectivity index (χ3v) is 2.79. The van der Waals surface area contributed by atoms with Gasteiger partial charge in [0, 0.05) is 24.9 Å². The molecule has 3 nitrogen and oxygen atoms in total. The van der Waals surface area contributed by atoms with E-state index in [9.17, 15) is 4.79 Å². The van der Waals surface area contributed by atoms with E-state index in [1.807, 2.05) is 25.7 Å². The Morgan fingerprint density at radius 3 is 2.24 bits per heavy atom. The second kappa shape index (κ2) is 7.64. The fraction of sp³-hybridized carbons (Fsp3) is 0.846. The van der Waals surface area contributed by atoms with Crippen LogP contribution < -0.4 is 5.73 Å². The van der Waals surface area contributed by atoms with E-state index in [1.165, 1.54) is 0 Å². The Morgan fingerprint density at radius 2 is 1.82 bits per heavy atom. The first-order chi connectivity index (χ1) is 7.79. The molecule has 0 spiro atoms. The SMILES string of the molecule is CCCCCN(CCC(N)=S)C(=O)C(C)(C)C. The average Bonchev–Trinajstić information content (AvgIpc) is 2.20. The zero-order valence-electron chi connectivity index (χ0n) is 11.6. The van der Waals surface area contributed by atoms with Gasteiger partial charge < -0.3 is 10.6 Å². The molecule has 0 aliphatic carbocycles. The van der Waals surface area contributed by atoms with Crippen molar-refractivity contribution in [1.29, 1.82) is 0 Å². The lowest BCUT2D eigenvalue weighted by Crippen LogP contribution is -2.41. The Balaban J connectivity index is 4.38. The smallest absolute Gasteiger partial charge is 0.227 e. The molecule has 100 valence electrons. The number of hydrogen-bond donors (Lipinski definition) is 1. The summed E-state index contributed by atoms with van der Waals surface area (Å²) in [6.45, 7) is 9.46. The second-order valence-electron chi connectivity index (χ2n) is 5.47. The van der Waals surface area contributed by atoms with Gasteiger partial charge in [-0.05, 0) is 6.42 Å². The average molecular weight is 258 g/mol. The van der Waals surface area contributed by atoms with E-state index < -0.39 is 0 Å². The third kappa shape index (κ3) is 7.31. The molecule has 0 aliphatic rings. The van der Waals surface area contributed by atoms with Gasteiger partial charge in [0.2, 0.25) is 5.91 Å². The van der Waals surface area contributed by atoms with E-state index in [-0.39, 0.29) is 11.3 Å². The van der Waals surface area contributed by atoms with Crippen LogP contribution in [0.1, 0.15) is 53.4 Å². The quantitative estimate of drug-likeness (QED) is 0.564. The standard InChI is InChI=1S/C13H26N2OS/c1-5-6-7-9-15(10-8-11(14)17)12(16)13(2,3)4/h5-10H2,1-4H3,(H2,14,17). The molecule has 0 aromatic rings. The van der Waals surface area contributed by atoms with Crippen LogP contribution in [-0.4, -0.2) is 28.9 Å².